The van der Waals surface area contributed by atoms with Crippen LogP contribution < -0.4 is 10.5 Å². The number of nitrogens with one attached hydrogen (secondary N) is 1. The van der Waals surface area contributed by atoms with E-state index in [0.717, 1.165) is 19.0 Å². The van der Waals surface area contributed by atoms with Crippen LogP contribution in [0, 0.1) is 5.82 Å². The zero-order valence-electron chi connectivity index (χ0n) is 12.1. The first-order chi connectivity index (χ1) is 9.21. The molecular formula is C13H22FN3O2S. The maximum absolute atomic E-state index is 13.7. The van der Waals surface area contributed by atoms with Crippen molar-refractivity contribution in [1.82, 2.24) is 4.90 Å². The highest BCUT2D eigenvalue weighted by atomic mass is 32.2. The lowest BCUT2D eigenvalue weighted by atomic mass is 10.2. The van der Waals surface area contributed by atoms with Gasteiger partial charge in [0.2, 0.25) is 10.0 Å². The minimum absolute atomic E-state index is 0.222. The normalized spacial score (nSPS) is 12.2. The first-order valence-corrected chi connectivity index (χ1v) is 8.03. The molecule has 0 radical (unpaired) electrons. The molecule has 1 aromatic rings. The van der Waals surface area contributed by atoms with Crippen LogP contribution in [0.3, 0.4) is 0 Å². The van der Waals surface area contributed by atoms with Gasteiger partial charge in [0.15, 0.2) is 0 Å². The van der Waals surface area contributed by atoms with E-state index in [4.69, 9.17) is 5.14 Å². The number of sulfonamides is 1. The lowest BCUT2D eigenvalue weighted by Crippen LogP contribution is -2.28. The maximum atomic E-state index is 13.7. The Bertz CT molecular complexity index is 547. The van der Waals surface area contributed by atoms with Crippen LogP contribution in [-0.4, -0.2) is 39.5 Å². The Morgan fingerprint density at radius 1 is 1.40 bits per heavy atom. The minimum atomic E-state index is -3.86. The largest absolute Gasteiger partial charge is 0.383 e. The molecular weight excluding hydrogens is 281 g/mol. The van der Waals surface area contributed by atoms with Gasteiger partial charge in [0.25, 0.3) is 0 Å². The second-order valence-corrected chi connectivity index (χ2v) is 6.60. The Kier molecular flexibility index (Phi) is 5.91. The van der Waals surface area contributed by atoms with Gasteiger partial charge in [0.1, 0.15) is 5.82 Å². The van der Waals surface area contributed by atoms with Crippen molar-refractivity contribution in [2.24, 2.45) is 5.14 Å². The Morgan fingerprint density at radius 2 is 2.05 bits per heavy atom. The summed E-state index contributed by atoms with van der Waals surface area (Å²) < 4.78 is 35.9. The second kappa shape index (κ2) is 7.01. The third kappa shape index (κ3) is 5.07. The summed E-state index contributed by atoms with van der Waals surface area (Å²) in [6, 6.07) is 4.08. The van der Waals surface area contributed by atoms with Crippen LogP contribution in [0.1, 0.15) is 20.3 Å². The van der Waals surface area contributed by atoms with Gasteiger partial charge in [-0.2, -0.15) is 0 Å². The van der Waals surface area contributed by atoms with Gasteiger partial charge in [-0.3, -0.25) is 0 Å². The Morgan fingerprint density at radius 3 is 2.55 bits per heavy atom. The van der Waals surface area contributed by atoms with Gasteiger partial charge < -0.3 is 10.2 Å². The smallest absolute Gasteiger partial charge is 0.238 e. The lowest BCUT2D eigenvalue weighted by Gasteiger charge is -2.20. The highest BCUT2D eigenvalue weighted by Crippen LogP contribution is 2.18. The molecule has 0 aromatic heterocycles. The SMILES string of the molecule is CC(C)N(C)CCCNc1ccc(S(N)(=O)=O)cc1F. The summed E-state index contributed by atoms with van der Waals surface area (Å²) in [5, 5.41) is 7.89. The zero-order chi connectivity index (χ0) is 15.3. The van der Waals surface area contributed by atoms with E-state index >= 15 is 0 Å². The van der Waals surface area contributed by atoms with E-state index < -0.39 is 15.8 Å². The van der Waals surface area contributed by atoms with Crippen molar-refractivity contribution in [3.05, 3.63) is 24.0 Å². The summed E-state index contributed by atoms with van der Waals surface area (Å²) in [6.07, 6.45) is 0.866. The number of nitrogens with two attached hydrogens (primary N) is 1. The molecule has 0 saturated carbocycles. The number of rotatable bonds is 7. The summed E-state index contributed by atoms with van der Waals surface area (Å²) >= 11 is 0. The van der Waals surface area contributed by atoms with E-state index in [2.05, 4.69) is 24.1 Å². The molecule has 0 atom stereocenters. The lowest BCUT2D eigenvalue weighted by molar-refractivity contribution is 0.273. The molecule has 5 nitrogen and oxygen atoms in total. The third-order valence-corrected chi connectivity index (χ3v) is 4.06. The molecule has 0 aliphatic heterocycles. The van der Waals surface area contributed by atoms with Gasteiger partial charge in [-0.25, -0.2) is 17.9 Å². The molecule has 0 unspecified atom stereocenters. The molecule has 0 spiro atoms. The van der Waals surface area contributed by atoms with Gasteiger partial charge in [-0.15, -0.1) is 0 Å². The van der Waals surface area contributed by atoms with Crippen molar-refractivity contribution in [2.75, 3.05) is 25.5 Å². The van der Waals surface area contributed by atoms with Crippen molar-refractivity contribution in [2.45, 2.75) is 31.2 Å². The summed E-state index contributed by atoms with van der Waals surface area (Å²) in [5.41, 5.74) is 0.282. The molecule has 0 aliphatic rings. The topological polar surface area (TPSA) is 75.4 Å². The van der Waals surface area contributed by atoms with Crippen molar-refractivity contribution in [3.63, 3.8) is 0 Å². The van der Waals surface area contributed by atoms with Crippen LogP contribution in [0.15, 0.2) is 23.1 Å². The molecule has 20 heavy (non-hydrogen) atoms. The fraction of sp³-hybridized carbons (Fsp3) is 0.538. The van der Waals surface area contributed by atoms with Crippen LogP contribution in [0.2, 0.25) is 0 Å². The van der Waals surface area contributed by atoms with E-state index in [9.17, 15) is 12.8 Å². The molecule has 7 heteroatoms. The minimum Gasteiger partial charge on any atom is -0.383 e. The average molecular weight is 303 g/mol. The highest BCUT2D eigenvalue weighted by Gasteiger charge is 2.11. The molecule has 3 N–H and O–H groups in total. The van der Waals surface area contributed by atoms with Crippen LogP contribution in [0.4, 0.5) is 10.1 Å². The first kappa shape index (κ1) is 16.9. The van der Waals surface area contributed by atoms with E-state index in [1.54, 1.807) is 0 Å². The van der Waals surface area contributed by atoms with Crippen LogP contribution in [-0.2, 0) is 10.0 Å². The summed E-state index contributed by atoms with van der Waals surface area (Å²) in [4.78, 5) is 1.97. The van der Waals surface area contributed by atoms with E-state index in [0.29, 0.717) is 12.6 Å². The predicted molar refractivity (Wildman–Crippen MR) is 78.6 cm³/mol. The van der Waals surface area contributed by atoms with E-state index in [1.165, 1.54) is 12.1 Å². The summed E-state index contributed by atoms with van der Waals surface area (Å²) in [7, 11) is -1.83. The molecule has 1 aromatic carbocycles. The fourth-order valence-electron chi connectivity index (χ4n) is 1.63. The summed E-state index contributed by atoms with van der Waals surface area (Å²) in [5.74, 6) is -0.617. The Labute approximate surface area is 120 Å². The van der Waals surface area contributed by atoms with Crippen LogP contribution >= 0.6 is 0 Å². The number of hydrogen-bond acceptors (Lipinski definition) is 4. The number of nitrogens with zero attached hydrogens (tertiary/aromatic N) is 1. The number of halogens is 1. The molecule has 0 amide bonds. The number of primary sulfonamides is 1. The molecule has 0 fully saturated rings. The van der Waals surface area contributed by atoms with Crippen molar-refractivity contribution in [3.8, 4) is 0 Å². The summed E-state index contributed by atoms with van der Waals surface area (Å²) in [6.45, 7) is 5.74. The van der Waals surface area contributed by atoms with E-state index in [-0.39, 0.29) is 10.6 Å². The third-order valence-electron chi connectivity index (χ3n) is 3.15. The Balaban J connectivity index is 2.54. The maximum Gasteiger partial charge on any atom is 0.238 e. The predicted octanol–water partition coefficient (Wildman–Crippen LogP) is 1.62. The van der Waals surface area contributed by atoms with Gasteiger partial charge in [0.05, 0.1) is 10.6 Å². The fourth-order valence-corrected chi connectivity index (χ4v) is 2.15. The number of anilines is 1. The van der Waals surface area contributed by atoms with Crippen molar-refractivity contribution in [1.29, 1.82) is 0 Å². The highest BCUT2D eigenvalue weighted by molar-refractivity contribution is 7.89. The van der Waals surface area contributed by atoms with Gasteiger partial charge >= 0.3 is 0 Å². The molecule has 1 rings (SSSR count). The van der Waals surface area contributed by atoms with Crippen molar-refractivity contribution < 1.29 is 12.8 Å². The molecule has 114 valence electrons. The average Bonchev–Trinajstić information content (AvgIpc) is 2.34. The molecule has 0 saturated heterocycles. The quantitative estimate of drug-likeness (QED) is 0.751. The first-order valence-electron chi connectivity index (χ1n) is 6.48. The zero-order valence-corrected chi connectivity index (χ0v) is 12.9. The van der Waals surface area contributed by atoms with Gasteiger partial charge in [-0.05, 0) is 52.1 Å². The molecule has 0 bridgehead atoms. The van der Waals surface area contributed by atoms with Crippen LogP contribution in [0.5, 0.6) is 0 Å². The second-order valence-electron chi connectivity index (χ2n) is 5.04. The molecule has 0 heterocycles. The number of hydrogen-bond donors (Lipinski definition) is 2. The monoisotopic (exact) mass is 303 g/mol. The van der Waals surface area contributed by atoms with Gasteiger partial charge in [0, 0.05) is 12.6 Å². The van der Waals surface area contributed by atoms with Crippen LogP contribution in [0.25, 0.3) is 0 Å². The Hall–Kier alpha value is -1.18. The van der Waals surface area contributed by atoms with Crippen molar-refractivity contribution >= 4 is 15.7 Å². The van der Waals surface area contributed by atoms with E-state index in [1.807, 2.05) is 7.05 Å². The number of benzene rings is 1. The van der Waals surface area contributed by atoms with Gasteiger partial charge in [-0.1, -0.05) is 0 Å². The standard InChI is InChI=1S/C13H22FN3O2S/c1-10(2)17(3)8-4-7-16-13-6-5-11(9-12(13)14)20(15,18)19/h5-6,9-10,16H,4,7-8H2,1-3H3,(H2,15,18,19). The molecule has 0 aliphatic carbocycles.